The first-order chi connectivity index (χ1) is 14.2. The Balaban J connectivity index is 1.70. The van der Waals surface area contributed by atoms with E-state index in [1.807, 2.05) is 60.8 Å². The topological polar surface area (TPSA) is 55.3 Å². The molecular weight excluding hydrogens is 402 g/mol. The van der Waals surface area contributed by atoms with E-state index in [1.54, 1.807) is 34.7 Å². The van der Waals surface area contributed by atoms with Gasteiger partial charge in [-0.3, -0.25) is 14.7 Å². The largest absolute Gasteiger partial charge is 0.492 e. The number of carbonyl (C=O) groups excluding carboxylic acids is 1. The summed E-state index contributed by atoms with van der Waals surface area (Å²) in [7, 11) is 0. The number of hydrogen-bond donors (Lipinski definition) is 0. The van der Waals surface area contributed by atoms with E-state index >= 15 is 0 Å². The lowest BCUT2D eigenvalue weighted by atomic mass is 10.2. The molecule has 29 heavy (non-hydrogen) atoms. The molecule has 0 aliphatic carbocycles. The van der Waals surface area contributed by atoms with Crippen molar-refractivity contribution < 1.29 is 9.53 Å². The summed E-state index contributed by atoms with van der Waals surface area (Å²) < 4.78 is 6.69. The van der Waals surface area contributed by atoms with Crippen molar-refractivity contribution in [3.05, 3.63) is 76.8 Å². The molecule has 1 amide bonds. The summed E-state index contributed by atoms with van der Waals surface area (Å²) in [6, 6.07) is 13.6. The highest BCUT2D eigenvalue weighted by molar-refractivity contribution is 7.22. The Morgan fingerprint density at radius 1 is 1.21 bits per heavy atom. The lowest BCUT2D eigenvalue weighted by Gasteiger charge is -2.18. The number of ether oxygens (including phenoxy) is 1. The predicted octanol–water partition coefficient (Wildman–Crippen LogP) is 5.40. The number of rotatable bonds is 7. The Labute approximate surface area is 176 Å². The summed E-state index contributed by atoms with van der Waals surface area (Å²) in [5.41, 5.74) is 1.72. The maximum absolute atomic E-state index is 13.1. The van der Waals surface area contributed by atoms with E-state index in [0.29, 0.717) is 18.3 Å². The van der Waals surface area contributed by atoms with Crippen LogP contribution in [-0.2, 0) is 11.3 Å². The standard InChI is InChI=1S/C22H19N3O2S2/c1-2-27-18-8-3-9-19-21(18)24-22(29-19)25(15-16-6-4-12-23-14-16)20(26)11-10-17-7-5-13-28-17/h3-14H,2,15H2,1H3/b11-10+. The Hall–Kier alpha value is -3.03. The van der Waals surface area contributed by atoms with Crippen LogP contribution in [0.1, 0.15) is 17.4 Å². The van der Waals surface area contributed by atoms with Gasteiger partial charge >= 0.3 is 0 Å². The van der Waals surface area contributed by atoms with Gasteiger partial charge in [0.05, 0.1) is 17.9 Å². The lowest BCUT2D eigenvalue weighted by molar-refractivity contribution is -0.114. The van der Waals surface area contributed by atoms with Crippen LogP contribution in [-0.4, -0.2) is 22.5 Å². The molecule has 5 nitrogen and oxygen atoms in total. The smallest absolute Gasteiger partial charge is 0.253 e. The first kappa shape index (κ1) is 19.3. The molecule has 0 fully saturated rings. The fraction of sp³-hybridized carbons (Fsp3) is 0.136. The van der Waals surface area contributed by atoms with Crippen molar-refractivity contribution >= 4 is 50.0 Å². The number of pyridine rings is 1. The van der Waals surface area contributed by atoms with Crippen LogP contribution in [0.3, 0.4) is 0 Å². The molecule has 0 spiro atoms. The van der Waals surface area contributed by atoms with Gasteiger partial charge in [-0.25, -0.2) is 4.98 Å². The number of fused-ring (bicyclic) bond motifs is 1. The lowest BCUT2D eigenvalue weighted by Crippen LogP contribution is -2.28. The molecular formula is C22H19N3O2S2. The highest BCUT2D eigenvalue weighted by atomic mass is 32.1. The number of amides is 1. The monoisotopic (exact) mass is 421 g/mol. The highest BCUT2D eigenvalue weighted by Gasteiger charge is 2.20. The van der Waals surface area contributed by atoms with Crippen LogP contribution in [0.25, 0.3) is 16.3 Å². The number of aromatic nitrogens is 2. The molecule has 0 saturated carbocycles. The zero-order valence-electron chi connectivity index (χ0n) is 15.8. The van der Waals surface area contributed by atoms with Gasteiger partial charge in [-0.1, -0.05) is 29.5 Å². The van der Waals surface area contributed by atoms with Crippen molar-refractivity contribution in [2.75, 3.05) is 11.5 Å². The molecule has 0 radical (unpaired) electrons. The van der Waals surface area contributed by atoms with Crippen molar-refractivity contribution in [1.82, 2.24) is 9.97 Å². The average Bonchev–Trinajstić information content (AvgIpc) is 3.41. The Kier molecular flexibility index (Phi) is 5.97. The van der Waals surface area contributed by atoms with Gasteiger partial charge in [-0.2, -0.15) is 0 Å². The first-order valence-corrected chi connectivity index (χ1v) is 10.9. The van der Waals surface area contributed by atoms with Crippen molar-refractivity contribution in [2.45, 2.75) is 13.5 Å². The molecule has 4 rings (SSSR count). The zero-order chi connectivity index (χ0) is 20.1. The molecule has 7 heteroatoms. The summed E-state index contributed by atoms with van der Waals surface area (Å²) in [4.78, 5) is 24.7. The quantitative estimate of drug-likeness (QED) is 0.375. The second-order valence-electron chi connectivity index (χ2n) is 6.17. The second-order valence-corrected chi connectivity index (χ2v) is 8.16. The van der Waals surface area contributed by atoms with Gasteiger partial charge in [0.15, 0.2) is 5.13 Å². The van der Waals surface area contributed by atoms with Gasteiger partial charge in [-0.15, -0.1) is 11.3 Å². The van der Waals surface area contributed by atoms with E-state index in [-0.39, 0.29) is 5.91 Å². The maximum atomic E-state index is 13.1. The van der Waals surface area contributed by atoms with E-state index in [4.69, 9.17) is 9.72 Å². The van der Waals surface area contributed by atoms with Crippen molar-refractivity contribution in [3.63, 3.8) is 0 Å². The number of carbonyl (C=O) groups is 1. The van der Waals surface area contributed by atoms with Gasteiger partial charge in [-0.05, 0) is 48.2 Å². The number of thiazole rings is 1. The Morgan fingerprint density at radius 2 is 2.14 bits per heavy atom. The van der Waals surface area contributed by atoms with E-state index in [9.17, 15) is 4.79 Å². The minimum Gasteiger partial charge on any atom is -0.492 e. The van der Waals surface area contributed by atoms with Gasteiger partial charge in [0.1, 0.15) is 11.3 Å². The van der Waals surface area contributed by atoms with Crippen molar-refractivity contribution in [2.24, 2.45) is 0 Å². The van der Waals surface area contributed by atoms with Crippen LogP contribution in [0.2, 0.25) is 0 Å². The Morgan fingerprint density at radius 3 is 2.90 bits per heavy atom. The molecule has 3 heterocycles. The molecule has 1 aromatic carbocycles. The summed E-state index contributed by atoms with van der Waals surface area (Å²) in [6.45, 7) is 2.90. The normalized spacial score (nSPS) is 11.2. The summed E-state index contributed by atoms with van der Waals surface area (Å²) in [5, 5.41) is 2.62. The number of nitrogens with zero attached hydrogens (tertiary/aromatic N) is 3. The van der Waals surface area contributed by atoms with Crippen LogP contribution < -0.4 is 9.64 Å². The molecule has 0 N–H and O–H groups in total. The predicted molar refractivity (Wildman–Crippen MR) is 120 cm³/mol. The van der Waals surface area contributed by atoms with Crippen LogP contribution in [0, 0.1) is 0 Å². The Bertz CT molecular complexity index is 1120. The maximum Gasteiger partial charge on any atom is 0.253 e. The van der Waals surface area contributed by atoms with E-state index in [0.717, 1.165) is 26.4 Å². The van der Waals surface area contributed by atoms with Gasteiger partial charge in [0, 0.05) is 23.3 Å². The fourth-order valence-corrected chi connectivity index (χ4v) is 4.45. The summed E-state index contributed by atoms with van der Waals surface area (Å²) >= 11 is 3.07. The number of benzene rings is 1. The van der Waals surface area contributed by atoms with Crippen molar-refractivity contribution in [1.29, 1.82) is 0 Å². The third-order valence-electron chi connectivity index (χ3n) is 4.16. The third kappa shape index (κ3) is 4.52. The molecule has 4 aromatic rings. The molecule has 0 aliphatic rings. The van der Waals surface area contributed by atoms with E-state index in [2.05, 4.69) is 4.98 Å². The average molecular weight is 422 g/mol. The van der Waals surface area contributed by atoms with Crippen LogP contribution >= 0.6 is 22.7 Å². The molecule has 3 aromatic heterocycles. The SMILES string of the molecule is CCOc1cccc2sc(N(Cc3cccnc3)C(=O)/C=C/c3cccs3)nc12. The van der Waals surface area contributed by atoms with E-state index < -0.39 is 0 Å². The van der Waals surface area contributed by atoms with Gasteiger partial charge < -0.3 is 4.74 Å². The number of thiophene rings is 1. The number of hydrogen-bond acceptors (Lipinski definition) is 6. The number of anilines is 1. The van der Waals surface area contributed by atoms with Gasteiger partial charge in [0.2, 0.25) is 0 Å². The fourth-order valence-electron chi connectivity index (χ4n) is 2.84. The van der Waals surface area contributed by atoms with Gasteiger partial charge in [0.25, 0.3) is 5.91 Å². The van der Waals surface area contributed by atoms with Crippen LogP contribution in [0.4, 0.5) is 5.13 Å². The third-order valence-corrected chi connectivity index (χ3v) is 6.05. The summed E-state index contributed by atoms with van der Waals surface area (Å²) in [6.07, 6.45) is 6.92. The van der Waals surface area contributed by atoms with Crippen molar-refractivity contribution in [3.8, 4) is 5.75 Å². The second kappa shape index (κ2) is 8.98. The minimum absolute atomic E-state index is 0.126. The molecule has 0 saturated heterocycles. The molecule has 0 unspecified atom stereocenters. The van der Waals surface area contributed by atoms with Crippen LogP contribution in [0.5, 0.6) is 5.75 Å². The number of para-hydroxylation sites is 1. The zero-order valence-corrected chi connectivity index (χ0v) is 17.5. The van der Waals surface area contributed by atoms with E-state index in [1.165, 1.54) is 11.3 Å². The van der Waals surface area contributed by atoms with Crippen LogP contribution in [0.15, 0.2) is 66.3 Å². The minimum atomic E-state index is -0.126. The molecule has 0 aliphatic heterocycles. The molecule has 0 bridgehead atoms. The first-order valence-electron chi connectivity index (χ1n) is 9.19. The molecule has 146 valence electrons. The highest BCUT2D eigenvalue weighted by Crippen LogP contribution is 2.35. The summed E-state index contributed by atoms with van der Waals surface area (Å²) in [5.74, 6) is 0.606. The molecule has 0 atom stereocenters.